The molecule has 124 valence electrons. The standard InChI is InChI=1S/C17H25N5O/c23-10-9-21-7-5-16(6-8-21)12-18-11-15-1-3-17(4-2-15)22-14-19-13-20-22/h1-4,13-14,16,18,23H,5-12H2. The third kappa shape index (κ3) is 4.60. The maximum atomic E-state index is 8.97. The third-order valence-corrected chi connectivity index (χ3v) is 4.51. The molecule has 1 aromatic heterocycles. The van der Waals surface area contributed by atoms with Crippen LogP contribution in [-0.4, -0.2) is 57.6 Å². The zero-order valence-corrected chi connectivity index (χ0v) is 13.4. The van der Waals surface area contributed by atoms with Gasteiger partial charge in [-0.25, -0.2) is 9.67 Å². The number of aromatic nitrogens is 3. The molecule has 2 N–H and O–H groups in total. The Bertz CT molecular complexity index is 561. The molecule has 0 saturated carbocycles. The van der Waals surface area contributed by atoms with Crippen molar-refractivity contribution in [3.05, 3.63) is 42.5 Å². The quantitative estimate of drug-likeness (QED) is 0.800. The topological polar surface area (TPSA) is 66.2 Å². The zero-order valence-electron chi connectivity index (χ0n) is 13.4. The van der Waals surface area contributed by atoms with Gasteiger partial charge in [-0.15, -0.1) is 0 Å². The van der Waals surface area contributed by atoms with Crippen LogP contribution in [0.2, 0.25) is 0 Å². The van der Waals surface area contributed by atoms with E-state index in [1.807, 2.05) is 0 Å². The Morgan fingerprint density at radius 2 is 1.96 bits per heavy atom. The first-order chi connectivity index (χ1) is 11.3. The van der Waals surface area contributed by atoms with Crippen LogP contribution in [0.3, 0.4) is 0 Å². The summed E-state index contributed by atoms with van der Waals surface area (Å²) in [4.78, 5) is 6.31. The van der Waals surface area contributed by atoms with Crippen LogP contribution in [0.4, 0.5) is 0 Å². The Labute approximate surface area is 137 Å². The molecule has 0 unspecified atom stereocenters. The van der Waals surface area contributed by atoms with Crippen LogP contribution in [0.15, 0.2) is 36.9 Å². The molecule has 0 atom stereocenters. The second-order valence-corrected chi connectivity index (χ2v) is 6.15. The first-order valence-electron chi connectivity index (χ1n) is 8.33. The van der Waals surface area contributed by atoms with Crippen LogP contribution in [0.5, 0.6) is 0 Å². The highest BCUT2D eigenvalue weighted by atomic mass is 16.3. The minimum atomic E-state index is 0.271. The molecular formula is C17H25N5O. The first-order valence-corrected chi connectivity index (χ1v) is 8.33. The average molecular weight is 315 g/mol. The Morgan fingerprint density at radius 1 is 1.17 bits per heavy atom. The Kier molecular flexibility index (Phi) is 5.74. The lowest BCUT2D eigenvalue weighted by molar-refractivity contribution is 0.146. The molecule has 1 aromatic carbocycles. The monoisotopic (exact) mass is 315 g/mol. The predicted molar refractivity (Wildman–Crippen MR) is 89.3 cm³/mol. The number of aliphatic hydroxyl groups excluding tert-OH is 1. The normalized spacial score (nSPS) is 16.7. The summed E-state index contributed by atoms with van der Waals surface area (Å²) in [5, 5.41) is 16.7. The SMILES string of the molecule is OCCN1CCC(CNCc2ccc(-n3cncn3)cc2)CC1. The summed E-state index contributed by atoms with van der Waals surface area (Å²) in [6.45, 7) is 5.27. The van der Waals surface area contributed by atoms with Crippen molar-refractivity contribution in [2.75, 3.05) is 32.8 Å². The molecule has 23 heavy (non-hydrogen) atoms. The number of benzene rings is 1. The first kappa shape index (κ1) is 16.1. The fourth-order valence-corrected chi connectivity index (χ4v) is 3.08. The van der Waals surface area contributed by atoms with E-state index in [9.17, 15) is 0 Å². The Hall–Kier alpha value is -1.76. The molecule has 2 heterocycles. The van der Waals surface area contributed by atoms with Crippen LogP contribution in [-0.2, 0) is 6.54 Å². The van der Waals surface area contributed by atoms with Gasteiger partial charge in [-0.05, 0) is 56.1 Å². The highest BCUT2D eigenvalue weighted by Gasteiger charge is 2.18. The minimum absolute atomic E-state index is 0.271. The van der Waals surface area contributed by atoms with Crippen LogP contribution >= 0.6 is 0 Å². The number of likely N-dealkylation sites (tertiary alicyclic amines) is 1. The molecule has 0 radical (unpaired) electrons. The summed E-state index contributed by atoms with van der Waals surface area (Å²) in [5.41, 5.74) is 2.31. The highest BCUT2D eigenvalue weighted by Crippen LogP contribution is 2.16. The van der Waals surface area contributed by atoms with Gasteiger partial charge in [0.1, 0.15) is 12.7 Å². The van der Waals surface area contributed by atoms with Crippen LogP contribution in [0.1, 0.15) is 18.4 Å². The molecule has 2 aromatic rings. The number of hydrogen-bond donors (Lipinski definition) is 2. The lowest BCUT2D eigenvalue weighted by Crippen LogP contribution is -2.38. The Morgan fingerprint density at radius 3 is 2.61 bits per heavy atom. The predicted octanol–water partition coefficient (Wildman–Crippen LogP) is 1.06. The second kappa shape index (κ2) is 8.19. The van der Waals surface area contributed by atoms with Crippen LogP contribution in [0.25, 0.3) is 5.69 Å². The van der Waals surface area contributed by atoms with E-state index in [0.29, 0.717) is 0 Å². The van der Waals surface area contributed by atoms with Crippen molar-refractivity contribution < 1.29 is 5.11 Å². The molecule has 0 bridgehead atoms. The fourth-order valence-electron chi connectivity index (χ4n) is 3.08. The third-order valence-electron chi connectivity index (χ3n) is 4.51. The molecule has 1 aliphatic heterocycles. The van der Waals surface area contributed by atoms with Gasteiger partial charge in [0.05, 0.1) is 12.3 Å². The number of β-amino-alcohol motifs (C(OH)–C–C–N with tert-alkyl or cyclic N) is 1. The summed E-state index contributed by atoms with van der Waals surface area (Å²) < 4.78 is 1.76. The molecule has 1 fully saturated rings. The molecule has 6 nitrogen and oxygen atoms in total. The summed E-state index contributed by atoms with van der Waals surface area (Å²) in [6, 6.07) is 8.40. The number of aliphatic hydroxyl groups is 1. The van der Waals surface area contributed by atoms with Crippen molar-refractivity contribution in [1.82, 2.24) is 25.0 Å². The maximum absolute atomic E-state index is 8.97. The second-order valence-electron chi connectivity index (χ2n) is 6.15. The number of piperidine rings is 1. The Balaban J connectivity index is 1.39. The fraction of sp³-hybridized carbons (Fsp3) is 0.529. The number of hydrogen-bond acceptors (Lipinski definition) is 5. The molecule has 1 aliphatic rings. The van der Waals surface area contributed by atoms with Gasteiger partial charge in [-0.1, -0.05) is 12.1 Å². The van der Waals surface area contributed by atoms with E-state index in [1.165, 1.54) is 18.4 Å². The summed E-state index contributed by atoms with van der Waals surface area (Å²) in [5.74, 6) is 0.749. The van der Waals surface area contributed by atoms with Gasteiger partial charge >= 0.3 is 0 Å². The van der Waals surface area contributed by atoms with Gasteiger partial charge in [0.25, 0.3) is 0 Å². The van der Waals surface area contributed by atoms with Gasteiger partial charge in [0, 0.05) is 13.1 Å². The summed E-state index contributed by atoms with van der Waals surface area (Å²) in [7, 11) is 0. The molecule has 0 spiro atoms. The van der Waals surface area contributed by atoms with E-state index in [0.717, 1.165) is 44.3 Å². The molecule has 0 aliphatic carbocycles. The van der Waals surface area contributed by atoms with Gasteiger partial charge in [0.2, 0.25) is 0 Å². The van der Waals surface area contributed by atoms with E-state index >= 15 is 0 Å². The van der Waals surface area contributed by atoms with Crippen molar-refractivity contribution in [1.29, 1.82) is 0 Å². The van der Waals surface area contributed by atoms with E-state index in [2.05, 4.69) is 44.6 Å². The largest absolute Gasteiger partial charge is 0.395 e. The van der Waals surface area contributed by atoms with Crippen molar-refractivity contribution in [3.63, 3.8) is 0 Å². The van der Waals surface area contributed by atoms with Gasteiger partial charge in [-0.3, -0.25) is 0 Å². The van der Waals surface area contributed by atoms with Gasteiger partial charge in [-0.2, -0.15) is 5.10 Å². The smallest absolute Gasteiger partial charge is 0.138 e. The number of rotatable bonds is 7. The van der Waals surface area contributed by atoms with Crippen molar-refractivity contribution in [2.45, 2.75) is 19.4 Å². The van der Waals surface area contributed by atoms with Crippen LogP contribution < -0.4 is 5.32 Å². The molecule has 6 heteroatoms. The number of nitrogens with zero attached hydrogens (tertiary/aromatic N) is 4. The van der Waals surface area contributed by atoms with Crippen molar-refractivity contribution >= 4 is 0 Å². The van der Waals surface area contributed by atoms with Gasteiger partial charge < -0.3 is 15.3 Å². The highest BCUT2D eigenvalue weighted by molar-refractivity contribution is 5.33. The van der Waals surface area contributed by atoms with Crippen molar-refractivity contribution in [3.8, 4) is 5.69 Å². The van der Waals surface area contributed by atoms with Crippen molar-refractivity contribution in [2.24, 2.45) is 5.92 Å². The molecular weight excluding hydrogens is 290 g/mol. The number of nitrogens with one attached hydrogen (secondary N) is 1. The van der Waals surface area contributed by atoms with E-state index in [-0.39, 0.29) is 6.61 Å². The lowest BCUT2D eigenvalue weighted by Gasteiger charge is -2.31. The van der Waals surface area contributed by atoms with E-state index in [4.69, 9.17) is 5.11 Å². The zero-order chi connectivity index (χ0) is 15.9. The van der Waals surface area contributed by atoms with E-state index in [1.54, 1.807) is 17.3 Å². The summed E-state index contributed by atoms with van der Waals surface area (Å²) >= 11 is 0. The molecule has 0 amide bonds. The van der Waals surface area contributed by atoms with Crippen LogP contribution in [0, 0.1) is 5.92 Å². The lowest BCUT2D eigenvalue weighted by atomic mass is 9.97. The molecule has 3 rings (SSSR count). The van der Waals surface area contributed by atoms with Gasteiger partial charge in [0.15, 0.2) is 0 Å². The van der Waals surface area contributed by atoms with E-state index < -0.39 is 0 Å². The minimum Gasteiger partial charge on any atom is -0.395 e. The maximum Gasteiger partial charge on any atom is 0.138 e. The molecule has 1 saturated heterocycles. The average Bonchev–Trinajstić information content (AvgIpc) is 3.12. The summed E-state index contributed by atoms with van der Waals surface area (Å²) in [6.07, 6.45) is 5.69.